The first-order valence-electron chi connectivity index (χ1n) is 5.98. The molecule has 0 atom stereocenters. The molecule has 3 N–H and O–H groups in total. The second-order valence-electron chi connectivity index (χ2n) is 4.97. The van der Waals surface area contributed by atoms with Crippen molar-refractivity contribution >= 4 is 21.6 Å². The minimum atomic E-state index is -0.500. The second-order valence-corrected chi connectivity index (χ2v) is 5.83. The molecule has 0 aliphatic carbocycles. The summed E-state index contributed by atoms with van der Waals surface area (Å²) in [5.41, 5.74) is 7.44. The fourth-order valence-corrected chi connectivity index (χ4v) is 2.84. The summed E-state index contributed by atoms with van der Waals surface area (Å²) in [5, 5.41) is 9.94. The third kappa shape index (κ3) is 3.00. The Morgan fingerprint density at radius 1 is 1.41 bits per heavy atom. The Labute approximate surface area is 111 Å². The van der Waals surface area contributed by atoms with Crippen LogP contribution in [0.1, 0.15) is 25.3 Å². The van der Waals surface area contributed by atoms with Crippen LogP contribution in [0, 0.1) is 0 Å². The van der Waals surface area contributed by atoms with Crippen molar-refractivity contribution in [2.24, 2.45) is 5.73 Å². The highest BCUT2D eigenvalue weighted by Gasteiger charge is 2.27. The summed E-state index contributed by atoms with van der Waals surface area (Å²) < 4.78 is 1.09. The van der Waals surface area contributed by atoms with E-state index in [0.717, 1.165) is 36.0 Å². The summed E-state index contributed by atoms with van der Waals surface area (Å²) in [5.74, 6) is 0. The maximum atomic E-state index is 9.94. The SMILES string of the molecule is CC1(O)CCN(c2ccc(CN)cc2Br)CC1. The number of rotatable bonds is 2. The number of nitrogens with two attached hydrogens (primary N) is 1. The van der Waals surface area contributed by atoms with Gasteiger partial charge in [0, 0.05) is 24.1 Å². The van der Waals surface area contributed by atoms with Crippen LogP contribution in [0.3, 0.4) is 0 Å². The van der Waals surface area contributed by atoms with Gasteiger partial charge in [0.2, 0.25) is 0 Å². The number of aliphatic hydroxyl groups is 1. The van der Waals surface area contributed by atoms with Crippen LogP contribution in [0.5, 0.6) is 0 Å². The Morgan fingerprint density at radius 3 is 2.59 bits per heavy atom. The van der Waals surface area contributed by atoms with Crippen LogP contribution < -0.4 is 10.6 Å². The van der Waals surface area contributed by atoms with E-state index >= 15 is 0 Å². The molecule has 1 aromatic rings. The van der Waals surface area contributed by atoms with Gasteiger partial charge in [0.25, 0.3) is 0 Å². The molecule has 0 saturated carbocycles. The molecule has 0 radical (unpaired) electrons. The van der Waals surface area contributed by atoms with Crippen LogP contribution in [-0.2, 0) is 6.54 Å². The maximum Gasteiger partial charge on any atom is 0.0653 e. The monoisotopic (exact) mass is 298 g/mol. The van der Waals surface area contributed by atoms with Crippen molar-refractivity contribution in [3.05, 3.63) is 28.2 Å². The molecule has 2 rings (SSSR count). The number of nitrogens with zero attached hydrogens (tertiary/aromatic N) is 1. The van der Waals surface area contributed by atoms with Crippen molar-refractivity contribution in [3.8, 4) is 0 Å². The molecular formula is C13H19BrN2O. The highest BCUT2D eigenvalue weighted by atomic mass is 79.9. The van der Waals surface area contributed by atoms with Crippen LogP contribution in [-0.4, -0.2) is 23.8 Å². The van der Waals surface area contributed by atoms with Gasteiger partial charge in [0.15, 0.2) is 0 Å². The van der Waals surface area contributed by atoms with Gasteiger partial charge < -0.3 is 15.7 Å². The van der Waals surface area contributed by atoms with Gasteiger partial charge in [0.05, 0.1) is 11.3 Å². The molecule has 3 nitrogen and oxygen atoms in total. The van der Waals surface area contributed by atoms with Gasteiger partial charge in [-0.2, -0.15) is 0 Å². The van der Waals surface area contributed by atoms with Crippen molar-refractivity contribution in [1.29, 1.82) is 0 Å². The summed E-state index contributed by atoms with van der Waals surface area (Å²) >= 11 is 3.59. The molecule has 94 valence electrons. The van der Waals surface area contributed by atoms with Crippen molar-refractivity contribution in [1.82, 2.24) is 0 Å². The van der Waals surface area contributed by atoms with Crippen molar-refractivity contribution in [3.63, 3.8) is 0 Å². The van der Waals surface area contributed by atoms with Gasteiger partial charge in [-0.05, 0) is 53.4 Å². The van der Waals surface area contributed by atoms with Gasteiger partial charge in [0.1, 0.15) is 0 Å². The Balaban J connectivity index is 2.13. The van der Waals surface area contributed by atoms with E-state index in [1.54, 1.807) is 0 Å². The van der Waals surface area contributed by atoms with E-state index < -0.39 is 5.60 Å². The van der Waals surface area contributed by atoms with E-state index in [1.165, 1.54) is 5.69 Å². The predicted octanol–water partition coefficient (Wildman–Crippen LogP) is 2.26. The summed E-state index contributed by atoms with van der Waals surface area (Å²) in [6.07, 6.45) is 1.64. The highest BCUT2D eigenvalue weighted by molar-refractivity contribution is 9.10. The molecule has 17 heavy (non-hydrogen) atoms. The molecule has 1 aliphatic heterocycles. The third-order valence-corrected chi connectivity index (χ3v) is 4.06. The standard InChI is InChI=1S/C13H19BrN2O/c1-13(17)4-6-16(7-5-13)12-3-2-10(9-15)8-11(12)14/h2-3,8,17H,4-7,9,15H2,1H3. The Bertz CT molecular complexity index is 396. The first kappa shape index (κ1) is 12.9. The number of anilines is 1. The normalized spacial score (nSPS) is 19.4. The molecule has 0 spiro atoms. The molecule has 4 heteroatoms. The van der Waals surface area contributed by atoms with Crippen LogP contribution in [0.15, 0.2) is 22.7 Å². The van der Waals surface area contributed by atoms with E-state index in [9.17, 15) is 5.11 Å². The fraction of sp³-hybridized carbons (Fsp3) is 0.538. The maximum absolute atomic E-state index is 9.94. The quantitative estimate of drug-likeness (QED) is 0.880. The number of halogens is 1. The smallest absolute Gasteiger partial charge is 0.0653 e. The molecule has 1 heterocycles. The van der Waals surface area contributed by atoms with E-state index in [4.69, 9.17) is 5.73 Å². The van der Waals surface area contributed by atoms with Crippen LogP contribution in [0.25, 0.3) is 0 Å². The summed E-state index contributed by atoms with van der Waals surface area (Å²) in [6, 6.07) is 6.24. The Kier molecular flexibility index (Phi) is 3.76. The predicted molar refractivity (Wildman–Crippen MR) is 74.1 cm³/mol. The lowest BCUT2D eigenvalue weighted by atomic mass is 9.93. The van der Waals surface area contributed by atoms with Gasteiger partial charge in [-0.15, -0.1) is 0 Å². The van der Waals surface area contributed by atoms with Gasteiger partial charge >= 0.3 is 0 Å². The zero-order valence-electron chi connectivity index (χ0n) is 10.1. The lowest BCUT2D eigenvalue weighted by Gasteiger charge is -2.37. The van der Waals surface area contributed by atoms with Gasteiger partial charge in [-0.25, -0.2) is 0 Å². The van der Waals surface area contributed by atoms with E-state index in [1.807, 2.05) is 6.92 Å². The zero-order valence-corrected chi connectivity index (χ0v) is 11.7. The van der Waals surface area contributed by atoms with E-state index in [0.29, 0.717) is 6.54 Å². The lowest BCUT2D eigenvalue weighted by Crippen LogP contribution is -2.42. The summed E-state index contributed by atoms with van der Waals surface area (Å²) in [7, 11) is 0. The molecule has 0 aromatic heterocycles. The lowest BCUT2D eigenvalue weighted by molar-refractivity contribution is 0.0351. The average molecular weight is 299 g/mol. The average Bonchev–Trinajstić information content (AvgIpc) is 2.29. The Hall–Kier alpha value is -0.580. The molecular weight excluding hydrogens is 280 g/mol. The molecule has 0 unspecified atom stereocenters. The minimum absolute atomic E-state index is 0.500. The first-order chi connectivity index (χ1) is 8.02. The third-order valence-electron chi connectivity index (χ3n) is 3.43. The molecule has 1 fully saturated rings. The summed E-state index contributed by atoms with van der Waals surface area (Å²) in [6.45, 7) is 4.27. The van der Waals surface area contributed by atoms with Crippen molar-refractivity contribution < 1.29 is 5.11 Å². The van der Waals surface area contributed by atoms with Crippen molar-refractivity contribution in [2.45, 2.75) is 31.9 Å². The molecule has 0 bridgehead atoms. The number of piperidine rings is 1. The minimum Gasteiger partial charge on any atom is -0.390 e. The number of benzene rings is 1. The fourth-order valence-electron chi connectivity index (χ4n) is 2.16. The molecule has 1 aromatic carbocycles. The van der Waals surface area contributed by atoms with E-state index in [2.05, 4.69) is 39.0 Å². The molecule has 1 aliphatic rings. The number of hydrogen-bond acceptors (Lipinski definition) is 3. The second kappa shape index (κ2) is 4.96. The summed E-state index contributed by atoms with van der Waals surface area (Å²) in [4.78, 5) is 2.31. The Morgan fingerprint density at radius 2 is 2.06 bits per heavy atom. The largest absolute Gasteiger partial charge is 0.390 e. The molecule has 1 saturated heterocycles. The van der Waals surface area contributed by atoms with Gasteiger partial charge in [-0.1, -0.05) is 6.07 Å². The zero-order chi connectivity index (χ0) is 12.5. The van der Waals surface area contributed by atoms with Crippen LogP contribution >= 0.6 is 15.9 Å². The number of hydrogen-bond donors (Lipinski definition) is 2. The van der Waals surface area contributed by atoms with Crippen LogP contribution in [0.2, 0.25) is 0 Å². The topological polar surface area (TPSA) is 49.5 Å². The van der Waals surface area contributed by atoms with Gasteiger partial charge in [-0.3, -0.25) is 0 Å². The highest BCUT2D eigenvalue weighted by Crippen LogP contribution is 2.31. The van der Waals surface area contributed by atoms with Crippen molar-refractivity contribution in [2.75, 3.05) is 18.0 Å². The first-order valence-corrected chi connectivity index (χ1v) is 6.77. The van der Waals surface area contributed by atoms with Crippen LogP contribution in [0.4, 0.5) is 5.69 Å². The molecule has 0 amide bonds. The van der Waals surface area contributed by atoms with E-state index in [-0.39, 0.29) is 0 Å².